The molecule has 10 radical (unpaired) electrons. The highest BCUT2D eigenvalue weighted by molar-refractivity contribution is 6.59. The van der Waals surface area contributed by atoms with Crippen LogP contribution in [0.15, 0.2) is 57.7 Å². The van der Waals surface area contributed by atoms with Crippen LogP contribution in [0.5, 0.6) is 0 Å². The number of fused-ring (bicyclic) bond motifs is 1. The van der Waals surface area contributed by atoms with Gasteiger partial charge < -0.3 is 30.2 Å². The zero-order valence-corrected chi connectivity index (χ0v) is 17.7. The van der Waals surface area contributed by atoms with Crippen LogP contribution in [0.3, 0.4) is 0 Å². The van der Waals surface area contributed by atoms with Gasteiger partial charge in [-0.25, -0.2) is 4.79 Å². The molecule has 0 bridgehead atoms. The second kappa shape index (κ2) is 9.03. The van der Waals surface area contributed by atoms with Crippen LogP contribution in [0.2, 0.25) is 0 Å². The lowest BCUT2D eigenvalue weighted by molar-refractivity contribution is -0.309. The minimum Gasteiger partial charge on any atom is -0.423 e. The summed E-state index contributed by atoms with van der Waals surface area (Å²) in [6, 6.07) is 11.7. The van der Waals surface area contributed by atoms with Crippen molar-refractivity contribution in [2.24, 2.45) is 0 Å². The van der Waals surface area contributed by atoms with Crippen molar-refractivity contribution in [1.82, 2.24) is 5.32 Å². The van der Waals surface area contributed by atoms with E-state index in [0.717, 1.165) is 0 Å². The lowest BCUT2D eigenvalue weighted by Gasteiger charge is -2.32. The van der Waals surface area contributed by atoms with E-state index in [4.69, 9.17) is 43.6 Å². The zero-order chi connectivity index (χ0) is 25.5. The van der Waals surface area contributed by atoms with E-state index in [1.54, 1.807) is 29.6 Å². The molecule has 3 rings (SSSR count). The number of nitrogens with one attached hydrogen (secondary N) is 1. The summed E-state index contributed by atoms with van der Waals surface area (Å²) in [4.78, 5) is 24.8. The summed E-state index contributed by atoms with van der Waals surface area (Å²) >= 11 is 0. The van der Waals surface area contributed by atoms with Crippen molar-refractivity contribution in [3.8, 4) is 11.1 Å². The Morgan fingerprint density at radius 2 is 1.59 bits per heavy atom. The molecule has 9 nitrogen and oxygen atoms in total. The minimum absolute atomic E-state index is 0.0460. The van der Waals surface area contributed by atoms with E-state index in [9.17, 15) is 30.0 Å². The third-order valence-corrected chi connectivity index (χ3v) is 4.73. The van der Waals surface area contributed by atoms with Crippen molar-refractivity contribution in [3.05, 3.63) is 64.5 Å². The highest BCUT2D eigenvalue weighted by Gasteiger charge is 2.33. The van der Waals surface area contributed by atoms with Crippen LogP contribution >= 0.6 is 0 Å². The molecular weight excluding hydrogens is 434 g/mol. The van der Waals surface area contributed by atoms with Gasteiger partial charge in [0.1, 0.15) is 27.8 Å². The molecule has 5 N–H and O–H groups in total. The second-order valence-electron chi connectivity index (χ2n) is 7.70. The molecule has 3 aromatic rings. The summed E-state index contributed by atoms with van der Waals surface area (Å²) in [6.07, 6.45) is -3.53. The smallest absolute Gasteiger partial charge is 0.370 e. The predicted molar refractivity (Wildman–Crippen MR) is 128 cm³/mol. The van der Waals surface area contributed by atoms with E-state index in [1.165, 1.54) is 24.3 Å². The maximum atomic E-state index is 12.3. The molecule has 1 heterocycles. The van der Waals surface area contributed by atoms with Gasteiger partial charge in [-0.2, -0.15) is 0 Å². The molecule has 0 saturated carbocycles. The quantitative estimate of drug-likeness (QED) is 0.152. The topological polar surface area (TPSA) is 143 Å². The number of carbonyl (C=O) groups excluding carboxylic acids is 1. The first kappa shape index (κ1) is 25.7. The zero-order valence-electron chi connectivity index (χ0n) is 17.7. The Kier molecular flexibility index (Phi) is 6.83. The minimum atomic E-state index is -3.53. The normalized spacial score (nSPS) is 12.5. The molecule has 162 valence electrons. The number of hydrogen-bond donors (Lipinski definition) is 5. The van der Waals surface area contributed by atoms with Gasteiger partial charge in [0.05, 0.1) is 23.5 Å². The largest absolute Gasteiger partial charge is 0.423 e. The first-order valence-corrected chi connectivity index (χ1v) is 9.66. The number of amides is 1. The van der Waals surface area contributed by atoms with Crippen molar-refractivity contribution in [2.45, 2.75) is 16.7 Å². The average molecular weight is 449 g/mol. The van der Waals surface area contributed by atoms with Crippen molar-refractivity contribution in [3.63, 3.8) is 0 Å². The number of nitrogens with zero attached hydrogens (tertiary/aromatic N) is 1. The van der Waals surface area contributed by atoms with Gasteiger partial charge in [-0.3, -0.25) is 9.69 Å². The number of aliphatic hydroxyl groups is 4. The van der Waals surface area contributed by atoms with E-state index in [2.05, 4.69) is 0 Å². The van der Waals surface area contributed by atoms with Gasteiger partial charge in [-0.1, -0.05) is 29.8 Å². The fourth-order valence-electron chi connectivity index (χ4n) is 3.41. The average Bonchev–Trinajstić information content (AvgIpc) is 2.68. The monoisotopic (exact) mass is 450 g/mol. The number of carbonyl (C=O) groups is 1. The molecule has 0 aliphatic heterocycles. The lowest BCUT2D eigenvalue weighted by atomic mass is 9.39. The fourth-order valence-corrected chi connectivity index (χ4v) is 3.41. The molecule has 1 amide bonds. The third kappa shape index (κ3) is 5.95. The standard InChI is InChI=1S/C20H15B5N2O7/c21-18(22,23)14-4-2-1-3-11(14)13-8-17(29)34-15-7-10(5-6-12(13)15)27(20(31,32)33)9-16(28)26-19(24,25)30/h1-8,30-33H,9H2,(H,26,28). The maximum absolute atomic E-state index is 12.3. The summed E-state index contributed by atoms with van der Waals surface area (Å²) in [5.41, 5.74) is -2.42. The summed E-state index contributed by atoms with van der Waals surface area (Å²) in [5, 5.41) is 39.0. The molecule has 0 aliphatic carbocycles. The number of hydrogen-bond acceptors (Lipinski definition) is 8. The van der Waals surface area contributed by atoms with Gasteiger partial charge in [0, 0.05) is 34.3 Å². The van der Waals surface area contributed by atoms with Crippen molar-refractivity contribution >= 4 is 61.8 Å². The first-order valence-electron chi connectivity index (χ1n) is 9.66. The van der Waals surface area contributed by atoms with Crippen LogP contribution in [-0.2, 0) is 9.91 Å². The first-order chi connectivity index (χ1) is 15.6. The summed E-state index contributed by atoms with van der Waals surface area (Å²) in [7, 11) is 27.8. The maximum Gasteiger partial charge on any atom is 0.370 e. The van der Waals surface area contributed by atoms with Gasteiger partial charge >= 0.3 is 11.7 Å². The van der Waals surface area contributed by atoms with Gasteiger partial charge in [-0.15, -0.1) is 5.11 Å². The fraction of sp³-hybridized carbons (Fsp3) is 0.200. The van der Waals surface area contributed by atoms with Crippen LogP contribution < -0.4 is 15.8 Å². The Morgan fingerprint density at radius 3 is 2.18 bits per heavy atom. The summed E-state index contributed by atoms with van der Waals surface area (Å²) in [6.45, 7) is -0.922. The highest BCUT2D eigenvalue weighted by atomic mass is 16.7. The van der Waals surface area contributed by atoms with Gasteiger partial charge in [0.2, 0.25) is 5.91 Å². The van der Waals surface area contributed by atoms with Crippen molar-refractivity contribution in [2.75, 3.05) is 11.4 Å². The third-order valence-electron chi connectivity index (χ3n) is 4.73. The Bertz CT molecular complexity index is 1280. The van der Waals surface area contributed by atoms with Crippen molar-refractivity contribution < 1.29 is 29.6 Å². The molecule has 0 unspecified atom stereocenters. The molecular formula is C20H15B5N2O7. The van der Waals surface area contributed by atoms with Crippen molar-refractivity contribution in [1.29, 1.82) is 0 Å². The van der Waals surface area contributed by atoms with Gasteiger partial charge in [0.25, 0.3) is 0 Å². The van der Waals surface area contributed by atoms with Crippen LogP contribution in [0.4, 0.5) is 5.69 Å². The Hall–Kier alpha value is -2.92. The van der Waals surface area contributed by atoms with E-state index in [0.29, 0.717) is 27.0 Å². The summed E-state index contributed by atoms with van der Waals surface area (Å²) in [5.74, 6) is -1.08. The van der Waals surface area contributed by atoms with E-state index < -0.39 is 34.8 Å². The van der Waals surface area contributed by atoms with E-state index in [-0.39, 0.29) is 11.3 Å². The van der Waals surface area contributed by atoms with Crippen LogP contribution in [-0.4, -0.2) is 83.7 Å². The molecule has 14 heteroatoms. The molecule has 0 saturated heterocycles. The number of benzene rings is 2. The number of anilines is 1. The SMILES string of the molecule is [B]C([B])(O)NC(=O)CN(c1ccc2c(-c3ccccc3C([B])([B])[B])cc(=O)oc2c1)C(O)(O)O. The van der Waals surface area contributed by atoms with Gasteiger partial charge in [0.15, 0.2) is 0 Å². The lowest BCUT2D eigenvalue weighted by Crippen LogP contribution is -2.57. The molecule has 34 heavy (non-hydrogen) atoms. The molecule has 0 atom stereocenters. The molecule has 0 spiro atoms. The molecule has 2 aromatic carbocycles. The van der Waals surface area contributed by atoms with Gasteiger partial charge in [-0.05, 0) is 17.7 Å². The molecule has 0 aliphatic rings. The van der Waals surface area contributed by atoms with Crippen LogP contribution in [0, 0.1) is 0 Å². The van der Waals surface area contributed by atoms with E-state index >= 15 is 0 Å². The summed E-state index contributed by atoms with van der Waals surface area (Å²) < 4.78 is 5.24. The number of rotatable bonds is 7. The highest BCUT2D eigenvalue weighted by Crippen LogP contribution is 2.35. The van der Waals surface area contributed by atoms with Crippen LogP contribution in [0.25, 0.3) is 22.1 Å². The molecule has 0 fully saturated rings. The Morgan fingerprint density at radius 1 is 0.941 bits per heavy atom. The predicted octanol–water partition coefficient (Wildman–Crippen LogP) is -2.47. The van der Waals surface area contributed by atoms with E-state index in [1.807, 2.05) is 0 Å². The molecule has 1 aromatic heterocycles. The Labute approximate surface area is 200 Å². The Balaban J connectivity index is 2.14. The second-order valence-corrected chi connectivity index (χ2v) is 7.70. The van der Waals surface area contributed by atoms with Crippen LogP contribution in [0.1, 0.15) is 5.56 Å².